The summed E-state index contributed by atoms with van der Waals surface area (Å²) >= 11 is 19.0. The molecule has 3 aromatic carbocycles. The molecule has 1 saturated carbocycles. The molecule has 0 aliphatic heterocycles. The average molecular weight is 679 g/mol. The first-order valence-corrected chi connectivity index (χ1v) is 17.7. The summed E-state index contributed by atoms with van der Waals surface area (Å²) < 4.78 is 26.8. The zero-order chi connectivity index (χ0) is 31.9. The molecule has 0 heterocycles. The van der Waals surface area contributed by atoms with Crippen LogP contribution in [0, 0.1) is 6.92 Å². The van der Waals surface area contributed by atoms with Crippen LogP contribution in [0.2, 0.25) is 15.1 Å². The first kappa shape index (κ1) is 34.1. The highest BCUT2D eigenvalue weighted by molar-refractivity contribution is 7.92. The Balaban J connectivity index is 1.62. The molecular weight excluding hydrogens is 641 g/mol. The van der Waals surface area contributed by atoms with Gasteiger partial charge in [0.1, 0.15) is 6.04 Å². The van der Waals surface area contributed by atoms with Crippen molar-refractivity contribution in [2.75, 3.05) is 17.1 Å². The fourth-order valence-corrected chi connectivity index (χ4v) is 7.26. The molecule has 0 spiro atoms. The number of nitrogens with one attached hydrogen (secondary N) is 1. The van der Waals surface area contributed by atoms with Crippen molar-refractivity contribution in [1.29, 1.82) is 0 Å². The molecule has 2 amide bonds. The van der Waals surface area contributed by atoms with Crippen LogP contribution in [-0.4, -0.2) is 50.0 Å². The second-order valence-corrected chi connectivity index (χ2v) is 14.4. The summed E-state index contributed by atoms with van der Waals surface area (Å²) in [5.41, 5.74) is 2.67. The smallest absolute Gasteiger partial charge is 0.243 e. The Morgan fingerprint density at radius 1 is 0.955 bits per heavy atom. The zero-order valence-corrected chi connectivity index (χ0v) is 28.0. The van der Waals surface area contributed by atoms with Gasteiger partial charge in [-0.1, -0.05) is 90.1 Å². The van der Waals surface area contributed by atoms with Crippen molar-refractivity contribution < 1.29 is 18.0 Å². The lowest BCUT2D eigenvalue weighted by molar-refractivity contribution is -0.141. The number of anilines is 1. The maximum absolute atomic E-state index is 14.1. The van der Waals surface area contributed by atoms with E-state index in [9.17, 15) is 18.0 Å². The van der Waals surface area contributed by atoms with Gasteiger partial charge in [0.05, 0.1) is 11.9 Å². The third kappa shape index (κ3) is 9.13. The van der Waals surface area contributed by atoms with E-state index in [1.54, 1.807) is 48.2 Å². The van der Waals surface area contributed by atoms with E-state index >= 15 is 0 Å². The SMILES string of the molecule is Cc1c(Cl)cccc1N(CCCC(=O)N(Cc1ccc(Cl)cc1Cl)C(Cc1ccccc1)C(=O)NC1CCCC1)S(C)(=O)=O. The van der Waals surface area contributed by atoms with Crippen LogP contribution in [-0.2, 0) is 32.6 Å². The second-order valence-electron chi connectivity index (χ2n) is 11.3. The number of carbonyl (C=O) groups excluding carboxylic acids is 2. The molecular formula is C33H38Cl3N3O4S. The van der Waals surface area contributed by atoms with Crippen LogP contribution >= 0.6 is 34.8 Å². The van der Waals surface area contributed by atoms with Gasteiger partial charge in [0, 0.05) is 47.0 Å². The summed E-state index contributed by atoms with van der Waals surface area (Å²) in [5, 5.41) is 4.50. The first-order chi connectivity index (χ1) is 20.9. The van der Waals surface area contributed by atoms with Gasteiger partial charge < -0.3 is 10.2 Å². The van der Waals surface area contributed by atoms with Gasteiger partial charge in [-0.05, 0) is 67.1 Å². The molecule has 44 heavy (non-hydrogen) atoms. The number of benzene rings is 3. The number of nitrogens with zero attached hydrogens (tertiary/aromatic N) is 2. The van der Waals surface area contributed by atoms with Crippen LogP contribution in [0.25, 0.3) is 0 Å². The molecule has 0 saturated heterocycles. The molecule has 1 N–H and O–H groups in total. The molecule has 1 atom stereocenters. The minimum atomic E-state index is -3.66. The van der Waals surface area contributed by atoms with Gasteiger partial charge in [-0.15, -0.1) is 0 Å². The van der Waals surface area contributed by atoms with Crippen LogP contribution in [0.3, 0.4) is 0 Å². The minimum Gasteiger partial charge on any atom is -0.352 e. The number of amides is 2. The van der Waals surface area contributed by atoms with E-state index in [0.29, 0.717) is 38.3 Å². The van der Waals surface area contributed by atoms with Crippen molar-refractivity contribution in [3.05, 3.63) is 98.5 Å². The van der Waals surface area contributed by atoms with Gasteiger partial charge in [-0.3, -0.25) is 13.9 Å². The van der Waals surface area contributed by atoms with Crippen LogP contribution in [0.4, 0.5) is 5.69 Å². The lowest BCUT2D eigenvalue weighted by atomic mass is 10.0. The lowest BCUT2D eigenvalue weighted by Crippen LogP contribution is -2.52. The first-order valence-electron chi connectivity index (χ1n) is 14.7. The predicted molar refractivity (Wildman–Crippen MR) is 179 cm³/mol. The fraction of sp³-hybridized carbons (Fsp3) is 0.394. The number of halogens is 3. The van der Waals surface area contributed by atoms with Gasteiger partial charge in [-0.2, -0.15) is 0 Å². The van der Waals surface area contributed by atoms with Crippen molar-refractivity contribution in [3.8, 4) is 0 Å². The largest absolute Gasteiger partial charge is 0.352 e. The number of rotatable bonds is 13. The van der Waals surface area contributed by atoms with Crippen LogP contribution < -0.4 is 9.62 Å². The molecule has 1 aliphatic rings. The van der Waals surface area contributed by atoms with E-state index in [1.165, 1.54) is 4.31 Å². The second kappa shape index (κ2) is 15.5. The molecule has 1 aliphatic carbocycles. The fourth-order valence-electron chi connectivity index (χ4n) is 5.60. The van der Waals surface area contributed by atoms with Crippen molar-refractivity contribution in [1.82, 2.24) is 10.2 Å². The molecule has 236 valence electrons. The van der Waals surface area contributed by atoms with E-state index in [4.69, 9.17) is 34.8 Å². The summed E-state index contributed by atoms with van der Waals surface area (Å²) in [7, 11) is -3.66. The maximum atomic E-state index is 14.1. The Morgan fingerprint density at radius 3 is 2.32 bits per heavy atom. The molecule has 1 unspecified atom stereocenters. The molecule has 4 rings (SSSR count). The summed E-state index contributed by atoms with van der Waals surface area (Å²) in [6.45, 7) is 1.92. The highest BCUT2D eigenvalue weighted by Crippen LogP contribution is 2.29. The number of carbonyl (C=O) groups is 2. The predicted octanol–water partition coefficient (Wildman–Crippen LogP) is 7.20. The van der Waals surface area contributed by atoms with E-state index in [1.807, 2.05) is 30.3 Å². The minimum absolute atomic E-state index is 0.0127. The van der Waals surface area contributed by atoms with Crippen molar-refractivity contribution >= 4 is 62.3 Å². The Hall–Kier alpha value is -2.78. The highest BCUT2D eigenvalue weighted by atomic mass is 35.5. The molecule has 7 nitrogen and oxygen atoms in total. The van der Waals surface area contributed by atoms with Crippen LogP contribution in [0.15, 0.2) is 66.7 Å². The van der Waals surface area contributed by atoms with Crippen molar-refractivity contribution in [3.63, 3.8) is 0 Å². The maximum Gasteiger partial charge on any atom is 0.243 e. The Kier molecular flexibility index (Phi) is 12.0. The third-order valence-electron chi connectivity index (χ3n) is 7.99. The van der Waals surface area contributed by atoms with Gasteiger partial charge >= 0.3 is 0 Å². The summed E-state index contributed by atoms with van der Waals surface area (Å²) in [5.74, 6) is -0.499. The molecule has 0 radical (unpaired) electrons. The molecule has 0 bridgehead atoms. The Labute approximate surface area is 275 Å². The third-order valence-corrected chi connectivity index (χ3v) is 10.2. The van der Waals surface area contributed by atoms with Gasteiger partial charge in [0.25, 0.3) is 0 Å². The van der Waals surface area contributed by atoms with E-state index in [-0.39, 0.29) is 43.8 Å². The lowest BCUT2D eigenvalue weighted by Gasteiger charge is -2.33. The number of hydrogen-bond acceptors (Lipinski definition) is 4. The number of sulfonamides is 1. The van der Waals surface area contributed by atoms with Gasteiger partial charge in [-0.25, -0.2) is 8.42 Å². The summed E-state index contributed by atoms with van der Waals surface area (Å²) in [6.07, 6.45) is 5.61. The normalized spacial score (nSPS) is 14.3. The zero-order valence-electron chi connectivity index (χ0n) is 24.9. The summed E-state index contributed by atoms with van der Waals surface area (Å²) in [6, 6.07) is 19.0. The van der Waals surface area contributed by atoms with Crippen LogP contribution in [0.5, 0.6) is 0 Å². The molecule has 11 heteroatoms. The number of hydrogen-bond donors (Lipinski definition) is 1. The molecule has 3 aromatic rings. The average Bonchev–Trinajstić information content (AvgIpc) is 3.48. The standard InChI is InChI=1S/C33H38Cl3N3O4S/c1-23-28(35)14-8-15-30(23)39(44(2,42)43)19-9-16-32(40)38(22-25-17-18-26(34)21-29(25)36)31(20-24-10-4-3-5-11-24)33(41)37-27-12-6-7-13-27/h3-5,8,10-11,14-15,17-18,21,27,31H,6-7,9,12-13,16,19-20,22H2,1-2H3,(H,37,41). The Bertz CT molecular complexity index is 1560. The van der Waals surface area contributed by atoms with Gasteiger partial charge in [0.2, 0.25) is 21.8 Å². The topological polar surface area (TPSA) is 86.8 Å². The van der Waals surface area contributed by atoms with E-state index in [2.05, 4.69) is 5.32 Å². The quantitative estimate of drug-likeness (QED) is 0.207. The van der Waals surface area contributed by atoms with Crippen molar-refractivity contribution in [2.45, 2.75) is 70.5 Å². The van der Waals surface area contributed by atoms with Crippen LogP contribution in [0.1, 0.15) is 55.2 Å². The summed E-state index contributed by atoms with van der Waals surface area (Å²) in [4.78, 5) is 29.5. The van der Waals surface area contributed by atoms with E-state index in [0.717, 1.165) is 37.5 Å². The molecule has 1 fully saturated rings. The van der Waals surface area contributed by atoms with Gasteiger partial charge in [0.15, 0.2) is 0 Å². The molecule has 0 aromatic heterocycles. The van der Waals surface area contributed by atoms with Crippen molar-refractivity contribution in [2.24, 2.45) is 0 Å². The monoisotopic (exact) mass is 677 g/mol. The highest BCUT2D eigenvalue weighted by Gasteiger charge is 2.32. The Morgan fingerprint density at radius 2 is 1.66 bits per heavy atom. The van der Waals surface area contributed by atoms with E-state index < -0.39 is 16.1 Å².